The molecule has 0 saturated carbocycles. The van der Waals surface area contributed by atoms with Crippen LogP contribution in [-0.2, 0) is 10.1 Å². The van der Waals surface area contributed by atoms with Gasteiger partial charge in [0.1, 0.15) is 28.2 Å². The van der Waals surface area contributed by atoms with Crippen LogP contribution in [-0.4, -0.2) is 26.7 Å². The van der Waals surface area contributed by atoms with E-state index < -0.39 is 15.0 Å². The number of methoxy groups -OCH3 is 1. The lowest BCUT2D eigenvalue weighted by atomic mass is 10.1. The molecule has 2 aromatic carbocycles. The Labute approximate surface area is 149 Å². The molecule has 136 valence electrons. The van der Waals surface area contributed by atoms with Crippen molar-refractivity contribution in [3.05, 3.63) is 52.9 Å². The van der Waals surface area contributed by atoms with Crippen LogP contribution in [0.5, 0.6) is 11.5 Å². The van der Waals surface area contributed by atoms with Crippen LogP contribution < -0.4 is 14.9 Å². The van der Waals surface area contributed by atoms with Crippen molar-refractivity contribution in [3.8, 4) is 22.6 Å². The first-order valence-corrected chi connectivity index (χ1v) is 9.13. The van der Waals surface area contributed by atoms with Crippen LogP contribution in [0.25, 0.3) is 22.1 Å². The van der Waals surface area contributed by atoms with Crippen LogP contribution in [0, 0.1) is 0 Å². The van der Waals surface area contributed by atoms with Gasteiger partial charge in [-0.2, -0.15) is 8.42 Å². The van der Waals surface area contributed by atoms with Gasteiger partial charge in [-0.05, 0) is 36.8 Å². The third-order valence-electron chi connectivity index (χ3n) is 3.81. The molecule has 1 aromatic heterocycles. The molecule has 7 nitrogen and oxygen atoms in total. The lowest BCUT2D eigenvalue weighted by Gasteiger charge is -2.09. The Morgan fingerprint density at radius 2 is 1.92 bits per heavy atom. The summed E-state index contributed by atoms with van der Waals surface area (Å²) in [6.45, 7) is 2.33. The normalized spacial score (nSPS) is 11.5. The molecule has 26 heavy (non-hydrogen) atoms. The maximum Gasteiger partial charge on any atom is 0.298 e. The van der Waals surface area contributed by atoms with Crippen molar-refractivity contribution in [1.29, 1.82) is 0 Å². The predicted molar refractivity (Wildman–Crippen MR) is 95.5 cm³/mol. The van der Waals surface area contributed by atoms with E-state index in [0.717, 1.165) is 0 Å². The van der Waals surface area contributed by atoms with Crippen LogP contribution in [0.4, 0.5) is 0 Å². The van der Waals surface area contributed by atoms with E-state index in [1.165, 1.54) is 31.6 Å². The summed E-state index contributed by atoms with van der Waals surface area (Å²) in [6.07, 6.45) is 1.25. The molecule has 1 heterocycles. The SMILES string of the molecule is CCOc1ccc2c(=O)c(-c3ccc(OC)c(S(=O)(=O)O)c3)coc2c1. The maximum atomic E-state index is 12.8. The average Bonchev–Trinajstić information content (AvgIpc) is 2.61. The molecule has 0 radical (unpaired) electrons. The van der Waals surface area contributed by atoms with Crippen LogP contribution in [0.1, 0.15) is 6.92 Å². The number of ether oxygens (including phenoxy) is 2. The van der Waals surface area contributed by atoms with Gasteiger partial charge in [-0.15, -0.1) is 0 Å². The van der Waals surface area contributed by atoms with Crippen LogP contribution in [0.15, 0.2) is 56.8 Å². The van der Waals surface area contributed by atoms with Crippen LogP contribution >= 0.6 is 0 Å². The summed E-state index contributed by atoms with van der Waals surface area (Å²) in [4.78, 5) is 12.3. The highest BCUT2D eigenvalue weighted by molar-refractivity contribution is 7.86. The van der Waals surface area contributed by atoms with Crippen molar-refractivity contribution < 1.29 is 26.9 Å². The quantitative estimate of drug-likeness (QED) is 0.682. The lowest BCUT2D eigenvalue weighted by Crippen LogP contribution is -2.07. The highest BCUT2D eigenvalue weighted by atomic mass is 32.2. The Kier molecular flexibility index (Phi) is 4.71. The van der Waals surface area contributed by atoms with E-state index in [1.807, 2.05) is 6.92 Å². The molecule has 0 atom stereocenters. The fourth-order valence-electron chi connectivity index (χ4n) is 2.61. The summed E-state index contributed by atoms with van der Waals surface area (Å²) >= 11 is 0. The van der Waals surface area contributed by atoms with Crippen molar-refractivity contribution in [1.82, 2.24) is 0 Å². The highest BCUT2D eigenvalue weighted by Gasteiger charge is 2.19. The van der Waals surface area contributed by atoms with Gasteiger partial charge in [-0.25, -0.2) is 0 Å². The topological polar surface area (TPSA) is 103 Å². The van der Waals surface area contributed by atoms with Crippen molar-refractivity contribution in [2.75, 3.05) is 13.7 Å². The molecule has 0 amide bonds. The third kappa shape index (κ3) is 3.29. The second kappa shape index (κ2) is 6.81. The van der Waals surface area contributed by atoms with E-state index in [0.29, 0.717) is 23.3 Å². The number of rotatable bonds is 5. The van der Waals surface area contributed by atoms with Crippen molar-refractivity contribution in [3.63, 3.8) is 0 Å². The highest BCUT2D eigenvalue weighted by Crippen LogP contribution is 2.30. The van der Waals surface area contributed by atoms with Gasteiger partial charge in [0.2, 0.25) is 0 Å². The van der Waals surface area contributed by atoms with Crippen LogP contribution in [0.3, 0.4) is 0 Å². The Bertz CT molecular complexity index is 1130. The molecular formula is C18H16O7S. The first-order valence-electron chi connectivity index (χ1n) is 7.69. The Morgan fingerprint density at radius 1 is 1.15 bits per heavy atom. The van der Waals surface area contributed by atoms with Gasteiger partial charge >= 0.3 is 0 Å². The van der Waals surface area contributed by atoms with Gasteiger partial charge in [0.25, 0.3) is 10.1 Å². The molecule has 0 aliphatic carbocycles. The summed E-state index contributed by atoms with van der Waals surface area (Å²) in [6, 6.07) is 8.90. The zero-order valence-electron chi connectivity index (χ0n) is 14.1. The molecule has 3 aromatic rings. The largest absolute Gasteiger partial charge is 0.495 e. The summed E-state index contributed by atoms with van der Waals surface area (Å²) < 4.78 is 48.3. The van der Waals surface area contributed by atoms with E-state index in [1.54, 1.807) is 18.2 Å². The van der Waals surface area contributed by atoms with Gasteiger partial charge < -0.3 is 13.9 Å². The molecule has 0 unspecified atom stereocenters. The third-order valence-corrected chi connectivity index (χ3v) is 4.68. The summed E-state index contributed by atoms with van der Waals surface area (Å²) in [5.74, 6) is 0.553. The maximum absolute atomic E-state index is 12.8. The summed E-state index contributed by atoms with van der Waals surface area (Å²) in [5.41, 5.74) is 0.464. The van der Waals surface area contributed by atoms with Gasteiger partial charge in [0, 0.05) is 6.07 Å². The van der Waals surface area contributed by atoms with Gasteiger partial charge in [-0.3, -0.25) is 9.35 Å². The standard InChI is InChI=1S/C18H16O7S/c1-3-24-12-5-6-13-16(9-12)25-10-14(18(13)19)11-4-7-15(23-2)17(8-11)26(20,21)22/h4-10H,3H2,1-2H3,(H,20,21,22). The molecule has 8 heteroatoms. The fourth-order valence-corrected chi connectivity index (χ4v) is 3.29. The molecule has 0 fully saturated rings. The second-order valence-electron chi connectivity index (χ2n) is 5.41. The van der Waals surface area contributed by atoms with E-state index in [-0.39, 0.29) is 22.3 Å². The molecule has 0 saturated heterocycles. The number of benzene rings is 2. The molecule has 1 N–H and O–H groups in total. The van der Waals surface area contributed by atoms with Crippen molar-refractivity contribution in [2.45, 2.75) is 11.8 Å². The molecule has 0 aliphatic rings. The zero-order valence-corrected chi connectivity index (χ0v) is 14.9. The molecule has 0 bridgehead atoms. The number of hydrogen-bond donors (Lipinski definition) is 1. The molecule has 0 aliphatic heterocycles. The van der Waals surface area contributed by atoms with E-state index in [4.69, 9.17) is 13.9 Å². The first-order chi connectivity index (χ1) is 12.3. The molecular weight excluding hydrogens is 360 g/mol. The minimum Gasteiger partial charge on any atom is -0.495 e. The Hall–Kier alpha value is -2.84. The van der Waals surface area contributed by atoms with Crippen LogP contribution in [0.2, 0.25) is 0 Å². The monoisotopic (exact) mass is 376 g/mol. The van der Waals surface area contributed by atoms with E-state index in [9.17, 15) is 17.8 Å². The number of hydrogen-bond acceptors (Lipinski definition) is 6. The van der Waals surface area contributed by atoms with Crippen molar-refractivity contribution >= 4 is 21.1 Å². The molecule has 0 spiro atoms. The summed E-state index contributed by atoms with van der Waals surface area (Å²) in [5, 5.41) is 0.329. The van der Waals surface area contributed by atoms with Crippen molar-refractivity contribution in [2.24, 2.45) is 0 Å². The van der Waals surface area contributed by atoms with Gasteiger partial charge in [0.15, 0.2) is 5.43 Å². The fraction of sp³-hybridized carbons (Fsp3) is 0.167. The van der Waals surface area contributed by atoms with Gasteiger partial charge in [0.05, 0.1) is 24.7 Å². The smallest absolute Gasteiger partial charge is 0.298 e. The van der Waals surface area contributed by atoms with E-state index >= 15 is 0 Å². The Morgan fingerprint density at radius 3 is 2.58 bits per heavy atom. The molecule has 3 rings (SSSR count). The second-order valence-corrected chi connectivity index (χ2v) is 6.80. The number of fused-ring (bicyclic) bond motifs is 1. The average molecular weight is 376 g/mol. The van der Waals surface area contributed by atoms with Gasteiger partial charge in [-0.1, -0.05) is 6.07 Å². The minimum absolute atomic E-state index is 0.0252. The Balaban J connectivity index is 2.18. The first kappa shape index (κ1) is 18.0. The minimum atomic E-state index is -4.52. The van der Waals surface area contributed by atoms with E-state index in [2.05, 4.69) is 0 Å². The summed E-state index contributed by atoms with van der Waals surface area (Å²) in [7, 11) is -3.24. The zero-order chi connectivity index (χ0) is 18.9. The predicted octanol–water partition coefficient (Wildman–Crippen LogP) is 3.11. The lowest BCUT2D eigenvalue weighted by molar-refractivity contribution is 0.340.